The molecule has 1 saturated heterocycles. The van der Waals surface area contributed by atoms with Gasteiger partial charge in [-0.1, -0.05) is 24.3 Å². The fraction of sp³-hybridized carbons (Fsp3) is 0.391. The summed E-state index contributed by atoms with van der Waals surface area (Å²) in [6.07, 6.45) is 3.47. The zero-order valence-corrected chi connectivity index (χ0v) is 18.1. The van der Waals surface area contributed by atoms with Crippen LogP contribution in [-0.2, 0) is 13.6 Å². The molecule has 3 heterocycles. The second-order valence-corrected chi connectivity index (χ2v) is 7.90. The second kappa shape index (κ2) is 8.36. The summed E-state index contributed by atoms with van der Waals surface area (Å²) in [6.45, 7) is 10.5. The van der Waals surface area contributed by atoms with Gasteiger partial charge >= 0.3 is 0 Å². The molecule has 0 N–H and O–H groups in total. The highest BCUT2D eigenvalue weighted by Crippen LogP contribution is 2.28. The number of rotatable bonds is 5. The lowest BCUT2D eigenvalue weighted by Crippen LogP contribution is -2.46. The van der Waals surface area contributed by atoms with Crippen molar-refractivity contribution in [1.82, 2.24) is 24.6 Å². The smallest absolute Gasteiger partial charge is 0.159 e. The summed E-state index contributed by atoms with van der Waals surface area (Å²) < 4.78 is 1.96. The molecule has 0 bridgehead atoms. The number of nitrogens with zero attached hydrogens (tertiary/aromatic N) is 6. The third-order valence-corrected chi connectivity index (χ3v) is 5.96. The summed E-state index contributed by atoms with van der Waals surface area (Å²) in [4.78, 5) is 25.6. The van der Waals surface area contributed by atoms with Gasteiger partial charge in [0.2, 0.25) is 0 Å². The Labute approximate surface area is 177 Å². The van der Waals surface area contributed by atoms with Crippen LogP contribution in [-0.4, -0.2) is 56.6 Å². The molecule has 1 aromatic carbocycles. The molecule has 1 aliphatic rings. The van der Waals surface area contributed by atoms with Crippen LogP contribution in [0.5, 0.6) is 0 Å². The molecule has 0 atom stereocenters. The van der Waals surface area contributed by atoms with E-state index in [2.05, 4.69) is 38.7 Å². The number of carbonyl (C=O) groups excluding carboxylic acids is 1. The number of carbonyl (C=O) groups is 1. The monoisotopic (exact) mass is 404 g/mol. The quantitative estimate of drug-likeness (QED) is 0.609. The molecular weight excluding hydrogens is 376 g/mol. The lowest BCUT2D eigenvalue weighted by Gasteiger charge is -2.36. The summed E-state index contributed by atoms with van der Waals surface area (Å²) in [5, 5.41) is 4.54. The van der Waals surface area contributed by atoms with Gasteiger partial charge in [-0.3, -0.25) is 19.4 Å². The van der Waals surface area contributed by atoms with Crippen molar-refractivity contribution < 1.29 is 4.79 Å². The van der Waals surface area contributed by atoms with Crippen molar-refractivity contribution in [2.24, 2.45) is 7.05 Å². The minimum absolute atomic E-state index is 0.0659. The number of anilines is 1. The van der Waals surface area contributed by atoms with Gasteiger partial charge in [-0.15, -0.1) is 0 Å². The zero-order chi connectivity index (χ0) is 21.3. The first-order valence-electron chi connectivity index (χ1n) is 10.3. The number of piperazine rings is 1. The fourth-order valence-corrected chi connectivity index (χ4v) is 4.02. The summed E-state index contributed by atoms with van der Waals surface area (Å²) in [5.74, 6) is 0.970. The van der Waals surface area contributed by atoms with Gasteiger partial charge in [0.15, 0.2) is 11.6 Å². The standard InChI is InChI=1S/C23H28N6O/c1-16-21(17(2)27(4)26-16)15-28-11-13-29(14-12-28)23-22(24-9-10-25-23)20-7-5-19(6-8-20)18(3)30/h5-10H,11-15H2,1-4H3. The lowest BCUT2D eigenvalue weighted by atomic mass is 10.1. The van der Waals surface area contributed by atoms with Gasteiger partial charge in [0, 0.05) is 74.5 Å². The van der Waals surface area contributed by atoms with E-state index in [1.54, 1.807) is 19.3 Å². The Hall–Kier alpha value is -3.06. The van der Waals surface area contributed by atoms with Crippen molar-refractivity contribution >= 4 is 11.6 Å². The molecule has 0 unspecified atom stereocenters. The molecule has 0 spiro atoms. The molecule has 30 heavy (non-hydrogen) atoms. The molecule has 3 aromatic rings. The van der Waals surface area contributed by atoms with Crippen molar-refractivity contribution in [1.29, 1.82) is 0 Å². The average molecular weight is 405 g/mol. The Bertz CT molecular complexity index is 1050. The molecule has 7 nitrogen and oxygen atoms in total. The molecule has 0 saturated carbocycles. The van der Waals surface area contributed by atoms with Crippen LogP contribution in [0.1, 0.15) is 34.2 Å². The molecular formula is C23H28N6O. The maximum absolute atomic E-state index is 11.6. The topological polar surface area (TPSA) is 67.2 Å². The molecule has 1 aliphatic heterocycles. The Morgan fingerprint density at radius 3 is 2.27 bits per heavy atom. The normalized spacial score (nSPS) is 14.9. The first kappa shape index (κ1) is 20.2. The van der Waals surface area contributed by atoms with Crippen LogP contribution < -0.4 is 4.90 Å². The number of aromatic nitrogens is 4. The molecule has 156 valence electrons. The molecule has 2 aromatic heterocycles. The van der Waals surface area contributed by atoms with E-state index >= 15 is 0 Å². The number of aryl methyl sites for hydroxylation is 2. The predicted octanol–water partition coefficient (Wildman–Crippen LogP) is 3.02. The zero-order valence-electron chi connectivity index (χ0n) is 18.1. The molecule has 1 fully saturated rings. The third-order valence-electron chi connectivity index (χ3n) is 5.96. The van der Waals surface area contributed by atoms with E-state index in [1.807, 2.05) is 36.0 Å². The van der Waals surface area contributed by atoms with E-state index in [-0.39, 0.29) is 5.78 Å². The van der Waals surface area contributed by atoms with Crippen LogP contribution in [0.3, 0.4) is 0 Å². The summed E-state index contributed by atoms with van der Waals surface area (Å²) in [5.41, 5.74) is 6.23. The van der Waals surface area contributed by atoms with Gasteiger partial charge in [0.05, 0.1) is 5.69 Å². The number of Topliss-reactive ketones (excluding diaryl/α,β-unsaturated/α-hetero) is 1. The van der Waals surface area contributed by atoms with E-state index < -0.39 is 0 Å². The van der Waals surface area contributed by atoms with Crippen molar-refractivity contribution in [2.75, 3.05) is 31.1 Å². The van der Waals surface area contributed by atoms with Gasteiger partial charge in [-0.2, -0.15) is 5.10 Å². The summed E-state index contributed by atoms with van der Waals surface area (Å²) in [7, 11) is 2.00. The first-order chi connectivity index (χ1) is 14.4. The molecule has 0 radical (unpaired) electrons. The molecule has 4 rings (SSSR count). The van der Waals surface area contributed by atoms with Gasteiger partial charge < -0.3 is 4.90 Å². The van der Waals surface area contributed by atoms with E-state index in [0.29, 0.717) is 5.56 Å². The highest BCUT2D eigenvalue weighted by molar-refractivity contribution is 5.94. The summed E-state index contributed by atoms with van der Waals surface area (Å²) in [6, 6.07) is 7.61. The Balaban J connectivity index is 1.48. The number of ketones is 1. The Morgan fingerprint density at radius 1 is 1.00 bits per heavy atom. The van der Waals surface area contributed by atoms with Crippen LogP contribution >= 0.6 is 0 Å². The second-order valence-electron chi connectivity index (χ2n) is 7.90. The lowest BCUT2D eigenvalue weighted by molar-refractivity contribution is 0.101. The molecule has 0 amide bonds. The number of hydrogen-bond donors (Lipinski definition) is 0. The van der Waals surface area contributed by atoms with Crippen molar-refractivity contribution in [2.45, 2.75) is 27.3 Å². The average Bonchev–Trinajstić information content (AvgIpc) is 3.00. The highest BCUT2D eigenvalue weighted by atomic mass is 16.1. The van der Waals surface area contributed by atoms with Gasteiger partial charge in [-0.25, -0.2) is 4.98 Å². The maximum Gasteiger partial charge on any atom is 0.159 e. The molecule has 0 aliphatic carbocycles. The van der Waals surface area contributed by atoms with Crippen LogP contribution in [0.25, 0.3) is 11.3 Å². The minimum atomic E-state index is 0.0659. The first-order valence-corrected chi connectivity index (χ1v) is 10.3. The van der Waals surface area contributed by atoms with E-state index in [1.165, 1.54) is 11.3 Å². The largest absolute Gasteiger partial charge is 0.352 e. The van der Waals surface area contributed by atoms with Crippen molar-refractivity contribution in [3.05, 3.63) is 59.2 Å². The number of hydrogen-bond acceptors (Lipinski definition) is 6. The maximum atomic E-state index is 11.6. The Morgan fingerprint density at radius 2 is 1.67 bits per heavy atom. The van der Waals surface area contributed by atoms with E-state index in [0.717, 1.165) is 55.5 Å². The van der Waals surface area contributed by atoms with Crippen molar-refractivity contribution in [3.8, 4) is 11.3 Å². The fourth-order valence-electron chi connectivity index (χ4n) is 4.02. The van der Waals surface area contributed by atoms with Gasteiger partial charge in [-0.05, 0) is 20.8 Å². The highest BCUT2D eigenvalue weighted by Gasteiger charge is 2.23. The van der Waals surface area contributed by atoms with Crippen molar-refractivity contribution in [3.63, 3.8) is 0 Å². The van der Waals surface area contributed by atoms with Gasteiger partial charge in [0.1, 0.15) is 5.69 Å². The SMILES string of the molecule is CC(=O)c1ccc(-c2nccnc2N2CCN(Cc3c(C)nn(C)c3C)CC2)cc1. The molecule has 7 heteroatoms. The predicted molar refractivity (Wildman–Crippen MR) is 118 cm³/mol. The summed E-state index contributed by atoms with van der Waals surface area (Å²) >= 11 is 0. The van der Waals surface area contributed by atoms with Crippen LogP contribution in [0, 0.1) is 13.8 Å². The van der Waals surface area contributed by atoms with Crippen LogP contribution in [0.15, 0.2) is 36.7 Å². The van der Waals surface area contributed by atoms with Crippen LogP contribution in [0.4, 0.5) is 5.82 Å². The Kier molecular flexibility index (Phi) is 5.63. The third kappa shape index (κ3) is 3.98. The van der Waals surface area contributed by atoms with Crippen LogP contribution in [0.2, 0.25) is 0 Å². The van der Waals surface area contributed by atoms with E-state index in [4.69, 9.17) is 0 Å². The number of benzene rings is 1. The van der Waals surface area contributed by atoms with E-state index in [9.17, 15) is 4.79 Å². The minimum Gasteiger partial charge on any atom is -0.352 e. The van der Waals surface area contributed by atoms with Gasteiger partial charge in [0.25, 0.3) is 0 Å².